The van der Waals surface area contributed by atoms with Crippen molar-refractivity contribution in [2.75, 3.05) is 22.6 Å². The molecule has 458 valence electrons. The fourth-order valence-corrected chi connectivity index (χ4v) is 13.5. The number of carboxylic acid groups (broad SMARTS) is 1. The van der Waals surface area contributed by atoms with E-state index in [0.717, 1.165) is 79.5 Å². The minimum Gasteiger partial charge on any atom is -0.488 e. The number of hydrogen-bond acceptors (Lipinski definition) is 16. The number of pyridine rings is 3. The molecule has 3 aliphatic carbocycles. The number of anilines is 3. The van der Waals surface area contributed by atoms with Gasteiger partial charge in [0.1, 0.15) is 105 Å². The van der Waals surface area contributed by atoms with Gasteiger partial charge in [-0.2, -0.15) is 13.2 Å². The van der Waals surface area contributed by atoms with Crippen molar-refractivity contribution >= 4 is 58.1 Å². The minimum atomic E-state index is -4.41. The second kappa shape index (κ2) is 21.2. The number of halogens is 3. The van der Waals surface area contributed by atoms with E-state index in [0.29, 0.717) is 114 Å². The summed E-state index contributed by atoms with van der Waals surface area (Å²) in [6.07, 6.45) is 2.78. The first-order valence-corrected chi connectivity index (χ1v) is 29.6. The molecule has 3 fully saturated rings. The molecular formula is C66H55F3N8O13. The van der Waals surface area contributed by atoms with E-state index in [-0.39, 0.29) is 71.6 Å². The Morgan fingerprint density at radius 3 is 1.44 bits per heavy atom. The number of alkyl halides is 3. The monoisotopic (exact) mass is 1220 g/mol. The first-order chi connectivity index (χ1) is 43.3. The maximum absolute atomic E-state index is 13.1. The summed E-state index contributed by atoms with van der Waals surface area (Å²) in [4.78, 5) is 78.5. The van der Waals surface area contributed by atoms with E-state index in [2.05, 4.69) is 40.9 Å². The van der Waals surface area contributed by atoms with E-state index in [4.69, 9.17) is 33.2 Å². The van der Waals surface area contributed by atoms with Gasteiger partial charge in [-0.3, -0.25) is 24.0 Å². The van der Waals surface area contributed by atoms with Crippen LogP contribution in [-0.2, 0) is 54.1 Å². The topological polar surface area (TPSA) is 274 Å². The number of carbonyl (C=O) groups is 5. The number of H-pyrrole nitrogens is 1. The summed E-state index contributed by atoms with van der Waals surface area (Å²) >= 11 is 0. The summed E-state index contributed by atoms with van der Waals surface area (Å²) in [7, 11) is 0. The molecule has 24 heteroatoms. The van der Waals surface area contributed by atoms with Crippen molar-refractivity contribution in [2.45, 2.75) is 114 Å². The Kier molecular flexibility index (Phi) is 13.3. The van der Waals surface area contributed by atoms with Crippen molar-refractivity contribution in [3.63, 3.8) is 0 Å². The van der Waals surface area contributed by atoms with Crippen LogP contribution in [0.2, 0.25) is 0 Å². The molecule has 9 unspecified atom stereocenters. The zero-order valence-corrected chi connectivity index (χ0v) is 48.6. The molecule has 9 aliphatic rings. The van der Waals surface area contributed by atoms with Crippen LogP contribution in [0.1, 0.15) is 111 Å². The predicted octanol–water partition coefficient (Wildman–Crippen LogP) is 11.3. The molecule has 6 aliphatic heterocycles. The van der Waals surface area contributed by atoms with Crippen molar-refractivity contribution in [1.82, 2.24) is 24.9 Å². The lowest BCUT2D eigenvalue weighted by atomic mass is 10.0. The van der Waals surface area contributed by atoms with Gasteiger partial charge in [-0.15, -0.1) is 0 Å². The largest absolute Gasteiger partial charge is 0.488 e. The Hall–Kier alpha value is -10.3. The molecule has 0 spiro atoms. The summed E-state index contributed by atoms with van der Waals surface area (Å²) in [6, 6.07) is 20.4. The molecule has 90 heavy (non-hydrogen) atoms. The van der Waals surface area contributed by atoms with Crippen LogP contribution < -0.4 is 44.4 Å². The van der Waals surface area contributed by atoms with Crippen LogP contribution >= 0.6 is 0 Å². The Morgan fingerprint density at radius 2 is 1.00 bits per heavy atom. The number of imidazole rings is 1. The van der Waals surface area contributed by atoms with Crippen molar-refractivity contribution < 1.29 is 75.4 Å². The number of aromatic nitrogens is 5. The van der Waals surface area contributed by atoms with E-state index in [1.165, 1.54) is 6.07 Å². The van der Waals surface area contributed by atoms with E-state index < -0.39 is 23.6 Å². The summed E-state index contributed by atoms with van der Waals surface area (Å²) in [5.41, 5.74) is 8.47. The Labute approximate surface area is 510 Å². The molecule has 9 atom stereocenters. The molecule has 21 nitrogen and oxygen atoms in total. The van der Waals surface area contributed by atoms with Crippen molar-refractivity contribution in [1.29, 1.82) is 0 Å². The number of amides is 3. The lowest BCUT2D eigenvalue weighted by molar-refractivity contribution is -0.145. The van der Waals surface area contributed by atoms with Gasteiger partial charge in [-0.1, -0.05) is 0 Å². The predicted molar refractivity (Wildman–Crippen MR) is 314 cm³/mol. The second-order valence-corrected chi connectivity index (χ2v) is 23.7. The smallest absolute Gasteiger partial charge is 0.416 e. The van der Waals surface area contributed by atoms with Gasteiger partial charge >= 0.3 is 18.1 Å². The number of carbonyl (C=O) groups excluding carboxylic acids is 4. The third-order valence-corrected chi connectivity index (χ3v) is 17.8. The molecule has 4 aromatic heterocycles. The van der Waals surface area contributed by atoms with E-state index in [1.807, 2.05) is 57.2 Å². The van der Waals surface area contributed by atoms with Gasteiger partial charge in [0.15, 0.2) is 0 Å². The third kappa shape index (κ3) is 9.93. The van der Waals surface area contributed by atoms with Crippen molar-refractivity contribution in [3.8, 4) is 51.7 Å². The molecule has 0 saturated heterocycles. The van der Waals surface area contributed by atoms with Crippen LogP contribution in [-0.4, -0.2) is 84.6 Å². The highest BCUT2D eigenvalue weighted by molar-refractivity contribution is 5.95. The van der Waals surface area contributed by atoms with Crippen LogP contribution in [0.3, 0.4) is 0 Å². The maximum Gasteiger partial charge on any atom is 0.416 e. The zero-order chi connectivity index (χ0) is 62.2. The van der Waals surface area contributed by atoms with E-state index in [9.17, 15) is 42.3 Å². The second-order valence-electron chi connectivity index (χ2n) is 23.7. The minimum absolute atomic E-state index is 0.0296. The molecular weight excluding hydrogens is 1170 g/mol. The Balaban J connectivity index is 0.000000115. The quantitative estimate of drug-likeness (QED) is 0.0796. The Morgan fingerprint density at radius 1 is 0.567 bits per heavy atom. The molecule has 8 aromatic rings. The number of aliphatic carboxylic acids is 1. The highest BCUT2D eigenvalue weighted by Gasteiger charge is 2.65. The first kappa shape index (κ1) is 56.3. The van der Waals surface area contributed by atoms with Gasteiger partial charge in [0.2, 0.25) is 17.7 Å². The fourth-order valence-electron chi connectivity index (χ4n) is 13.5. The maximum atomic E-state index is 13.1. The molecule has 3 amide bonds. The summed E-state index contributed by atoms with van der Waals surface area (Å²) in [6.45, 7) is 8.02. The number of aromatic amines is 1. The number of esters is 1. The average molecular weight is 1230 g/mol. The number of fused-ring (bicyclic) bond motifs is 13. The summed E-state index contributed by atoms with van der Waals surface area (Å²) in [5, 5.41) is 17.6. The van der Waals surface area contributed by atoms with Gasteiger partial charge in [0, 0.05) is 89.0 Å². The molecule has 4 aromatic carbocycles. The number of nitrogens with zero attached hydrogens (tertiary/aromatic N) is 4. The fraction of sp³-hybridized carbons (Fsp3) is 0.318. The van der Waals surface area contributed by atoms with Crippen molar-refractivity contribution in [3.05, 3.63) is 153 Å². The van der Waals surface area contributed by atoms with Crippen molar-refractivity contribution in [2.24, 2.45) is 11.8 Å². The highest BCUT2D eigenvalue weighted by atomic mass is 19.4. The van der Waals surface area contributed by atoms with Gasteiger partial charge in [-0.25, -0.2) is 19.9 Å². The van der Waals surface area contributed by atoms with Gasteiger partial charge in [-0.05, 0) is 136 Å². The van der Waals surface area contributed by atoms with Crippen LogP contribution in [0.4, 0.5) is 30.6 Å². The van der Waals surface area contributed by atoms with E-state index >= 15 is 0 Å². The number of ether oxygens (including phenoxy) is 7. The van der Waals surface area contributed by atoms with Crippen LogP contribution in [0.15, 0.2) is 91.4 Å². The number of hydrogen-bond donors (Lipinski definition) is 5. The van der Waals surface area contributed by atoms with Gasteiger partial charge in [0.25, 0.3) is 0 Å². The zero-order valence-electron chi connectivity index (χ0n) is 48.6. The number of nitrogens with one attached hydrogen (secondary N) is 4. The highest BCUT2D eigenvalue weighted by Crippen LogP contribution is 2.65. The Bertz CT molecular complexity index is 4420. The standard InChI is InChI=1S/C26H19F3N4O3.C21H20N2O5.C19H16N2O5/c1-11-8-13(35-18-6-7-30-24-14(18)3-5-19(34)33-24)10-15-20-21(23(20)36-22(11)15)25-31-16-4-2-12(26(27,28)29)9-17(16)32-25;1-3-26-21(25)17-16-13-9-11(8-10(2)18(13)28-19(16)17)27-14-6-7-22-20-12(14)4-5-15(24)23-20;1-8-6-9(7-11-14-15(19(23)24)17(14)26-16(8)11)25-12-4-5-20-18-10(12)2-3-13(22)21-18/h2,4,6-10,20-21,23H,3,5H2,1H3,(H,31,32)(H,30,33,34);6-9,16-17,19H,3-5H2,1-2H3,(H,22,23,24);4-7,14-15,17H,2-3H2,1H3,(H,23,24)(H,20,21,22). The number of aryl methyl sites for hydroxylation is 3. The van der Waals surface area contributed by atoms with Crippen LogP contribution in [0.25, 0.3) is 11.0 Å². The average Bonchev–Trinajstić information content (AvgIpc) is 1.59. The normalized spacial score (nSPS) is 23.2. The molecule has 5 N–H and O–H groups in total. The van der Waals surface area contributed by atoms with Gasteiger partial charge in [0.05, 0.1) is 29.1 Å². The molecule has 0 bridgehead atoms. The molecule has 10 heterocycles. The molecule has 0 radical (unpaired) electrons. The van der Waals surface area contributed by atoms with Crippen LogP contribution in [0, 0.1) is 32.6 Å². The third-order valence-electron chi connectivity index (χ3n) is 17.8. The molecule has 17 rings (SSSR count). The summed E-state index contributed by atoms with van der Waals surface area (Å²) < 4.78 is 80.9. The lowest BCUT2D eigenvalue weighted by Crippen LogP contribution is -2.20. The van der Waals surface area contributed by atoms with Gasteiger partial charge < -0.3 is 59.2 Å². The number of carboxylic acids is 1. The molecule has 3 saturated carbocycles. The number of rotatable bonds is 10. The number of benzene rings is 4. The SMILES string of the molecule is CCOC(=O)C1C2Oc3c(C)cc(Oc4ccnc5c4CCC(=O)N5)cc3C21.Cc1cc(Oc2ccnc3c2CCC(=O)N3)cc2c1OC1C(C(=O)O)C21.Cc1cc(Oc2ccnc3c2CCC(=O)N3)cc2c1OC1C(c3nc4ccc(C(F)(F)F)cc4[nH]3)C21. The van der Waals surface area contributed by atoms with Crippen LogP contribution in [0.5, 0.6) is 51.7 Å². The van der Waals surface area contributed by atoms with E-state index in [1.54, 1.807) is 43.7 Å². The first-order valence-electron chi connectivity index (χ1n) is 29.6. The summed E-state index contributed by atoms with van der Waals surface area (Å²) in [5.74, 6) is 6.59. The lowest BCUT2D eigenvalue weighted by Gasteiger charge is -2.19.